The fourth-order valence-corrected chi connectivity index (χ4v) is 5.30. The number of nitrogens with zero attached hydrogens (tertiary/aromatic N) is 3. The topological polar surface area (TPSA) is 55.3 Å². The molecule has 5 nitrogen and oxygen atoms in total. The van der Waals surface area contributed by atoms with Crippen molar-refractivity contribution in [3.05, 3.63) is 16.8 Å². The first kappa shape index (κ1) is 16.8. The summed E-state index contributed by atoms with van der Waals surface area (Å²) in [6.45, 7) is 4.06. The molecule has 0 amide bonds. The van der Waals surface area contributed by atoms with Crippen molar-refractivity contribution in [1.29, 1.82) is 0 Å². The average molecular weight is 359 g/mol. The lowest BCUT2D eigenvalue weighted by Gasteiger charge is -2.32. The van der Waals surface area contributed by atoms with Crippen LogP contribution in [-0.4, -0.2) is 35.6 Å². The third-order valence-electron chi connectivity index (χ3n) is 5.40. The number of aromatic nitrogens is 2. The maximum atomic E-state index is 12.0. The smallest absolute Gasteiger partial charge is 0.309 e. The molecule has 2 aliphatic rings. The summed E-state index contributed by atoms with van der Waals surface area (Å²) in [5.74, 6) is 1.07. The molecule has 1 saturated heterocycles. The largest absolute Gasteiger partial charge is 0.466 e. The molecule has 0 unspecified atom stereocenters. The third-order valence-corrected chi connectivity index (χ3v) is 6.60. The van der Waals surface area contributed by atoms with Crippen LogP contribution in [0.15, 0.2) is 6.33 Å². The highest BCUT2D eigenvalue weighted by Crippen LogP contribution is 2.39. The van der Waals surface area contributed by atoms with Crippen LogP contribution < -0.4 is 4.90 Å². The van der Waals surface area contributed by atoms with Crippen LogP contribution in [0.4, 0.5) is 5.82 Å². The van der Waals surface area contributed by atoms with Gasteiger partial charge in [-0.2, -0.15) is 0 Å². The Hall–Kier alpha value is -1.69. The van der Waals surface area contributed by atoms with Gasteiger partial charge >= 0.3 is 5.97 Å². The number of fused-ring (bicyclic) bond motifs is 3. The number of thiophene rings is 1. The summed E-state index contributed by atoms with van der Waals surface area (Å²) < 4.78 is 5.19. The summed E-state index contributed by atoms with van der Waals surface area (Å²) in [4.78, 5) is 26.2. The van der Waals surface area contributed by atoms with E-state index in [4.69, 9.17) is 4.74 Å². The molecule has 0 saturated carbocycles. The van der Waals surface area contributed by atoms with Gasteiger partial charge < -0.3 is 9.64 Å². The number of esters is 1. The number of aryl methyl sites for hydroxylation is 2. The number of carbonyl (C=O) groups is 1. The van der Waals surface area contributed by atoms with Gasteiger partial charge in [0.1, 0.15) is 17.0 Å². The first-order valence-electron chi connectivity index (χ1n) is 9.44. The second-order valence-corrected chi connectivity index (χ2v) is 8.04. The van der Waals surface area contributed by atoms with Crippen LogP contribution in [0.5, 0.6) is 0 Å². The fraction of sp³-hybridized carbons (Fsp3) is 0.632. The maximum Gasteiger partial charge on any atom is 0.309 e. The number of hydrogen-bond donors (Lipinski definition) is 0. The summed E-state index contributed by atoms with van der Waals surface area (Å²) in [7, 11) is 0. The van der Waals surface area contributed by atoms with Crippen LogP contribution in [0, 0.1) is 5.92 Å². The SMILES string of the molecule is CCOC(=O)C1CCN(c2ncnc3sc4c(c23)CCCCC4)CC1. The molecule has 134 valence electrons. The van der Waals surface area contributed by atoms with Crippen LogP contribution in [0.3, 0.4) is 0 Å². The van der Waals surface area contributed by atoms with E-state index in [9.17, 15) is 4.79 Å². The van der Waals surface area contributed by atoms with Crippen molar-refractivity contribution in [3.8, 4) is 0 Å². The lowest BCUT2D eigenvalue weighted by Crippen LogP contribution is -2.37. The van der Waals surface area contributed by atoms with Gasteiger partial charge in [0.05, 0.1) is 17.9 Å². The second kappa shape index (κ2) is 7.28. The molecule has 2 aromatic rings. The van der Waals surface area contributed by atoms with E-state index in [-0.39, 0.29) is 11.9 Å². The van der Waals surface area contributed by atoms with Gasteiger partial charge in [-0.1, -0.05) is 6.42 Å². The lowest BCUT2D eigenvalue weighted by molar-refractivity contribution is -0.148. The Balaban J connectivity index is 1.60. The van der Waals surface area contributed by atoms with E-state index in [1.807, 2.05) is 18.3 Å². The van der Waals surface area contributed by atoms with Gasteiger partial charge in [0.25, 0.3) is 0 Å². The maximum absolute atomic E-state index is 12.0. The van der Waals surface area contributed by atoms with Crippen molar-refractivity contribution >= 4 is 33.3 Å². The monoisotopic (exact) mass is 359 g/mol. The summed E-state index contributed by atoms with van der Waals surface area (Å²) in [6, 6.07) is 0. The number of hydrogen-bond acceptors (Lipinski definition) is 6. The molecule has 0 bridgehead atoms. The van der Waals surface area contributed by atoms with E-state index in [1.54, 1.807) is 6.33 Å². The van der Waals surface area contributed by atoms with Gasteiger partial charge in [-0.05, 0) is 51.0 Å². The zero-order valence-corrected chi connectivity index (χ0v) is 15.6. The molecular weight excluding hydrogens is 334 g/mol. The molecule has 0 spiro atoms. The minimum Gasteiger partial charge on any atom is -0.466 e. The zero-order valence-electron chi connectivity index (χ0n) is 14.8. The molecule has 1 aliphatic heterocycles. The van der Waals surface area contributed by atoms with Gasteiger partial charge in [-0.15, -0.1) is 11.3 Å². The van der Waals surface area contributed by atoms with Gasteiger partial charge in [0, 0.05) is 18.0 Å². The molecule has 0 atom stereocenters. The van der Waals surface area contributed by atoms with Crippen LogP contribution >= 0.6 is 11.3 Å². The molecule has 3 heterocycles. The van der Waals surface area contributed by atoms with Gasteiger partial charge in [-0.3, -0.25) is 4.79 Å². The van der Waals surface area contributed by atoms with Gasteiger partial charge in [0.2, 0.25) is 0 Å². The van der Waals surface area contributed by atoms with E-state index in [0.29, 0.717) is 6.61 Å². The van der Waals surface area contributed by atoms with Crippen molar-refractivity contribution in [2.24, 2.45) is 5.92 Å². The minimum absolute atomic E-state index is 0.0353. The van der Waals surface area contributed by atoms with E-state index < -0.39 is 0 Å². The first-order chi connectivity index (χ1) is 12.3. The van der Waals surface area contributed by atoms with Crippen LogP contribution in [0.25, 0.3) is 10.2 Å². The highest BCUT2D eigenvalue weighted by Gasteiger charge is 2.28. The normalized spacial score (nSPS) is 18.8. The molecule has 0 radical (unpaired) electrons. The molecule has 0 N–H and O–H groups in total. The highest BCUT2D eigenvalue weighted by molar-refractivity contribution is 7.18. The zero-order chi connectivity index (χ0) is 17.2. The van der Waals surface area contributed by atoms with Crippen molar-refractivity contribution in [2.75, 3.05) is 24.6 Å². The highest BCUT2D eigenvalue weighted by atomic mass is 32.1. The predicted octanol–water partition coefficient (Wildman–Crippen LogP) is 3.74. The standard InChI is InChI=1S/C19H25N3O2S/c1-2-24-19(23)13-8-10-22(11-9-13)17-16-14-6-4-3-5-7-15(14)25-18(16)21-12-20-17/h12-13H,2-11H2,1H3. The summed E-state index contributed by atoms with van der Waals surface area (Å²) >= 11 is 1.85. The Bertz CT molecular complexity index is 765. The number of piperidine rings is 1. The van der Waals surface area contributed by atoms with Gasteiger partial charge in [0.15, 0.2) is 0 Å². The van der Waals surface area contributed by atoms with Crippen LogP contribution in [0.1, 0.15) is 49.5 Å². The summed E-state index contributed by atoms with van der Waals surface area (Å²) in [5.41, 5.74) is 1.49. The average Bonchev–Trinajstić information content (AvgIpc) is 2.83. The summed E-state index contributed by atoms with van der Waals surface area (Å²) in [5, 5.41) is 1.28. The second-order valence-electron chi connectivity index (χ2n) is 6.96. The Morgan fingerprint density at radius 3 is 2.84 bits per heavy atom. The molecule has 1 fully saturated rings. The summed E-state index contributed by atoms with van der Waals surface area (Å²) in [6.07, 6.45) is 9.58. The van der Waals surface area contributed by atoms with Crippen molar-refractivity contribution in [1.82, 2.24) is 9.97 Å². The first-order valence-corrected chi connectivity index (χ1v) is 10.3. The fourth-order valence-electron chi connectivity index (χ4n) is 4.08. The Kier molecular flexibility index (Phi) is 4.88. The van der Waals surface area contributed by atoms with Crippen molar-refractivity contribution < 1.29 is 9.53 Å². The van der Waals surface area contributed by atoms with E-state index in [1.165, 1.54) is 41.5 Å². The van der Waals surface area contributed by atoms with Crippen LogP contribution in [-0.2, 0) is 22.4 Å². The van der Waals surface area contributed by atoms with E-state index in [2.05, 4.69) is 14.9 Å². The van der Waals surface area contributed by atoms with Gasteiger partial charge in [-0.25, -0.2) is 9.97 Å². The molecule has 6 heteroatoms. The molecular formula is C19H25N3O2S. The number of carbonyl (C=O) groups excluding carboxylic acids is 1. The Labute approximate surface area is 152 Å². The molecule has 2 aromatic heterocycles. The number of ether oxygens (including phenoxy) is 1. The third kappa shape index (κ3) is 3.24. The number of anilines is 1. The Morgan fingerprint density at radius 1 is 1.24 bits per heavy atom. The quantitative estimate of drug-likeness (QED) is 0.617. The van der Waals surface area contributed by atoms with Crippen molar-refractivity contribution in [3.63, 3.8) is 0 Å². The molecule has 25 heavy (non-hydrogen) atoms. The van der Waals surface area contributed by atoms with Crippen molar-refractivity contribution in [2.45, 2.75) is 51.9 Å². The van der Waals surface area contributed by atoms with E-state index >= 15 is 0 Å². The lowest BCUT2D eigenvalue weighted by atomic mass is 9.96. The number of rotatable bonds is 3. The molecule has 4 rings (SSSR count). The predicted molar refractivity (Wildman–Crippen MR) is 100 cm³/mol. The molecule has 1 aliphatic carbocycles. The Morgan fingerprint density at radius 2 is 2.04 bits per heavy atom. The molecule has 0 aromatic carbocycles. The van der Waals surface area contributed by atoms with Crippen LogP contribution in [0.2, 0.25) is 0 Å². The van der Waals surface area contributed by atoms with E-state index in [0.717, 1.165) is 43.0 Å². The minimum atomic E-state index is -0.0422.